The number of benzene rings is 1. The van der Waals surface area contributed by atoms with Gasteiger partial charge in [-0.1, -0.05) is 6.07 Å². The van der Waals surface area contributed by atoms with Crippen molar-refractivity contribution < 1.29 is 24.1 Å². The third-order valence-corrected chi connectivity index (χ3v) is 3.57. The van der Waals surface area contributed by atoms with Crippen LogP contribution < -0.4 is 9.47 Å². The standard InChI is InChI=1S/C17H21NO5/c1-20-14-8-12(16(19)11-6-5-7-18-10-11)13(9-15(14)21-2)17(22-3)23-4/h5-10,16-17,19H,1-4H3. The molecule has 6 heteroatoms. The minimum atomic E-state index is -0.897. The van der Waals surface area contributed by atoms with Gasteiger partial charge in [-0.15, -0.1) is 0 Å². The fourth-order valence-electron chi connectivity index (χ4n) is 2.42. The smallest absolute Gasteiger partial charge is 0.183 e. The van der Waals surface area contributed by atoms with Crippen LogP contribution in [0.15, 0.2) is 36.7 Å². The number of aliphatic hydroxyl groups is 1. The number of rotatable bonds is 7. The van der Waals surface area contributed by atoms with Crippen molar-refractivity contribution >= 4 is 0 Å². The zero-order valence-electron chi connectivity index (χ0n) is 13.6. The van der Waals surface area contributed by atoms with Crippen LogP contribution in [0.3, 0.4) is 0 Å². The molecule has 0 bridgehead atoms. The van der Waals surface area contributed by atoms with Crippen molar-refractivity contribution in [1.82, 2.24) is 4.98 Å². The maximum Gasteiger partial charge on any atom is 0.183 e. The molecule has 0 fully saturated rings. The second-order valence-electron chi connectivity index (χ2n) is 4.83. The molecule has 0 aliphatic carbocycles. The third kappa shape index (κ3) is 3.61. The minimum Gasteiger partial charge on any atom is -0.493 e. The molecule has 6 nitrogen and oxygen atoms in total. The normalized spacial score (nSPS) is 12.3. The van der Waals surface area contributed by atoms with Gasteiger partial charge >= 0.3 is 0 Å². The van der Waals surface area contributed by atoms with Crippen molar-refractivity contribution in [1.29, 1.82) is 0 Å². The zero-order chi connectivity index (χ0) is 16.8. The van der Waals surface area contributed by atoms with Gasteiger partial charge in [0.15, 0.2) is 17.8 Å². The van der Waals surface area contributed by atoms with E-state index in [0.29, 0.717) is 28.2 Å². The van der Waals surface area contributed by atoms with Crippen LogP contribution in [0.5, 0.6) is 11.5 Å². The van der Waals surface area contributed by atoms with Crippen molar-refractivity contribution in [3.05, 3.63) is 53.3 Å². The van der Waals surface area contributed by atoms with Gasteiger partial charge in [-0.2, -0.15) is 0 Å². The first-order valence-electron chi connectivity index (χ1n) is 7.05. The predicted octanol–water partition coefficient (Wildman–Crippen LogP) is 2.47. The third-order valence-electron chi connectivity index (χ3n) is 3.57. The first kappa shape index (κ1) is 17.2. The maximum atomic E-state index is 10.7. The van der Waals surface area contributed by atoms with Crippen molar-refractivity contribution in [3.63, 3.8) is 0 Å². The van der Waals surface area contributed by atoms with Crippen molar-refractivity contribution in [2.24, 2.45) is 0 Å². The summed E-state index contributed by atoms with van der Waals surface area (Å²) in [6.07, 6.45) is 1.72. The molecule has 0 radical (unpaired) electrons. The van der Waals surface area contributed by atoms with Crippen molar-refractivity contribution in [2.75, 3.05) is 28.4 Å². The van der Waals surface area contributed by atoms with Crippen LogP contribution in [-0.2, 0) is 9.47 Å². The number of pyridine rings is 1. The largest absolute Gasteiger partial charge is 0.493 e. The van der Waals surface area contributed by atoms with E-state index in [0.717, 1.165) is 0 Å². The van der Waals surface area contributed by atoms with Crippen LogP contribution in [0.2, 0.25) is 0 Å². The van der Waals surface area contributed by atoms with Crippen LogP contribution in [0.4, 0.5) is 0 Å². The Hall–Kier alpha value is -2.15. The van der Waals surface area contributed by atoms with Gasteiger partial charge in [0, 0.05) is 37.7 Å². The Bertz CT molecular complexity index is 628. The second-order valence-corrected chi connectivity index (χ2v) is 4.83. The van der Waals surface area contributed by atoms with Gasteiger partial charge in [0.25, 0.3) is 0 Å². The molecule has 2 aromatic rings. The highest BCUT2D eigenvalue weighted by atomic mass is 16.7. The quantitative estimate of drug-likeness (QED) is 0.791. The summed E-state index contributed by atoms with van der Waals surface area (Å²) in [6.45, 7) is 0. The Morgan fingerprint density at radius 2 is 1.57 bits per heavy atom. The van der Waals surface area contributed by atoms with Gasteiger partial charge in [0.2, 0.25) is 0 Å². The molecule has 0 spiro atoms. The molecular formula is C17H21NO5. The maximum absolute atomic E-state index is 10.7. The Morgan fingerprint density at radius 1 is 0.957 bits per heavy atom. The number of aliphatic hydroxyl groups excluding tert-OH is 1. The molecule has 0 saturated carbocycles. The van der Waals surface area contributed by atoms with Gasteiger partial charge in [-0.05, 0) is 23.8 Å². The minimum absolute atomic E-state index is 0.514. The number of nitrogens with zero attached hydrogens (tertiary/aromatic N) is 1. The fourth-order valence-corrected chi connectivity index (χ4v) is 2.42. The summed E-state index contributed by atoms with van der Waals surface area (Å²) in [7, 11) is 6.16. The molecule has 0 aliphatic heterocycles. The molecule has 1 unspecified atom stereocenters. The molecule has 0 saturated heterocycles. The molecule has 124 valence electrons. The highest BCUT2D eigenvalue weighted by molar-refractivity contribution is 5.50. The van der Waals surface area contributed by atoms with Crippen LogP contribution in [0.1, 0.15) is 29.1 Å². The van der Waals surface area contributed by atoms with E-state index < -0.39 is 12.4 Å². The Kier molecular flexibility index (Phi) is 5.92. The molecule has 2 rings (SSSR count). The summed E-state index contributed by atoms with van der Waals surface area (Å²) >= 11 is 0. The van der Waals surface area contributed by atoms with E-state index in [-0.39, 0.29) is 0 Å². The SMILES string of the molecule is COc1cc(C(OC)OC)c(C(O)c2cccnc2)cc1OC. The molecule has 1 aromatic heterocycles. The number of hydrogen-bond acceptors (Lipinski definition) is 6. The van der Waals surface area contributed by atoms with E-state index in [2.05, 4.69) is 4.98 Å². The lowest BCUT2D eigenvalue weighted by Gasteiger charge is -2.23. The van der Waals surface area contributed by atoms with Crippen LogP contribution in [0.25, 0.3) is 0 Å². The molecule has 1 atom stereocenters. The predicted molar refractivity (Wildman–Crippen MR) is 84.6 cm³/mol. The summed E-state index contributed by atoms with van der Waals surface area (Å²) in [5.74, 6) is 1.05. The van der Waals surface area contributed by atoms with Gasteiger partial charge < -0.3 is 24.1 Å². The first-order valence-corrected chi connectivity index (χ1v) is 7.05. The lowest BCUT2D eigenvalue weighted by atomic mass is 9.96. The van der Waals surface area contributed by atoms with Gasteiger partial charge in [-0.3, -0.25) is 4.98 Å². The number of aromatic nitrogens is 1. The van der Waals surface area contributed by atoms with E-state index in [4.69, 9.17) is 18.9 Å². The molecule has 1 heterocycles. The first-order chi connectivity index (χ1) is 11.2. The average molecular weight is 319 g/mol. The van der Waals surface area contributed by atoms with Gasteiger partial charge in [-0.25, -0.2) is 0 Å². The molecule has 23 heavy (non-hydrogen) atoms. The van der Waals surface area contributed by atoms with E-state index in [1.807, 2.05) is 0 Å². The zero-order valence-corrected chi connectivity index (χ0v) is 13.6. The highest BCUT2D eigenvalue weighted by Crippen LogP contribution is 2.38. The lowest BCUT2D eigenvalue weighted by molar-refractivity contribution is -0.107. The Morgan fingerprint density at radius 3 is 2.04 bits per heavy atom. The van der Waals surface area contributed by atoms with Gasteiger partial charge in [0.1, 0.15) is 6.10 Å². The summed E-state index contributed by atoms with van der Waals surface area (Å²) in [6, 6.07) is 7.03. The van der Waals surface area contributed by atoms with Gasteiger partial charge in [0.05, 0.1) is 14.2 Å². The van der Waals surface area contributed by atoms with E-state index in [9.17, 15) is 5.11 Å². The molecular weight excluding hydrogens is 298 g/mol. The van der Waals surface area contributed by atoms with E-state index in [1.165, 1.54) is 14.2 Å². The van der Waals surface area contributed by atoms with Crippen molar-refractivity contribution in [2.45, 2.75) is 12.4 Å². The van der Waals surface area contributed by atoms with Crippen LogP contribution >= 0.6 is 0 Å². The summed E-state index contributed by atoms with van der Waals surface area (Å²) in [5.41, 5.74) is 1.92. The Labute approximate surface area is 135 Å². The molecule has 0 aliphatic rings. The fraction of sp³-hybridized carbons (Fsp3) is 0.353. The average Bonchev–Trinajstić information content (AvgIpc) is 2.62. The topological polar surface area (TPSA) is 70.0 Å². The number of methoxy groups -OCH3 is 4. The summed E-state index contributed by atoms with van der Waals surface area (Å²) < 4.78 is 21.3. The highest BCUT2D eigenvalue weighted by Gasteiger charge is 2.24. The Balaban J connectivity index is 2.59. The van der Waals surface area contributed by atoms with Crippen LogP contribution in [-0.4, -0.2) is 38.5 Å². The van der Waals surface area contributed by atoms with Crippen LogP contribution in [0, 0.1) is 0 Å². The second kappa shape index (κ2) is 7.92. The van der Waals surface area contributed by atoms with E-state index in [1.54, 1.807) is 50.9 Å². The molecule has 1 aromatic carbocycles. The summed E-state index contributed by atoms with van der Waals surface area (Å²) in [5, 5.41) is 10.7. The number of hydrogen-bond donors (Lipinski definition) is 1. The summed E-state index contributed by atoms with van der Waals surface area (Å²) in [4.78, 5) is 4.04. The monoisotopic (exact) mass is 319 g/mol. The molecule has 0 amide bonds. The van der Waals surface area contributed by atoms with Crippen molar-refractivity contribution in [3.8, 4) is 11.5 Å². The number of ether oxygens (including phenoxy) is 4. The van der Waals surface area contributed by atoms with E-state index >= 15 is 0 Å². The molecule has 1 N–H and O–H groups in total. The lowest BCUT2D eigenvalue weighted by Crippen LogP contribution is -2.12.